The first-order valence-electron chi connectivity index (χ1n) is 0.378. The fraction of sp³-hybridized carbons (Fsp3) is 1.00. The van der Waals surface area contributed by atoms with Crippen molar-refractivity contribution in [2.45, 2.75) is 0 Å². The van der Waals surface area contributed by atoms with Crippen LogP contribution in [0, 0.1) is 0 Å². The van der Waals surface area contributed by atoms with Crippen LogP contribution in [0.1, 0.15) is 0 Å². The molecule has 0 aromatic carbocycles. The summed E-state index contributed by atoms with van der Waals surface area (Å²) in [4.78, 5) is 0. The van der Waals surface area contributed by atoms with Gasteiger partial charge in [-0.05, 0) is 0 Å². The molecule has 0 fully saturated rings. The average Bonchev–Trinajstić information content (AvgIpc) is 1.00. The zero-order chi connectivity index (χ0) is 2.00. The van der Waals surface area contributed by atoms with Gasteiger partial charge in [0, 0.05) is 6.38 Å². The smallest absolute Gasteiger partial charge is 0.0108 e. The monoisotopic (exact) mass is 118 g/mol. The molecule has 0 aliphatic carbocycles. The molecule has 0 heterocycles. The van der Waals surface area contributed by atoms with Crippen LogP contribution in [-0.4, -0.2) is 6.38 Å². The topological polar surface area (TPSA) is 140 Å². The van der Waals surface area contributed by atoms with Crippen LogP contribution in [0.2, 0.25) is 0 Å². The lowest BCUT2D eigenvalue weighted by Crippen LogP contribution is -0.852. The second-order valence-electron chi connectivity index (χ2n) is 0. The minimum absolute atomic E-state index is 0. The minimum atomic E-state index is 0. The molecule has 0 amide bonds. The molecule has 0 saturated carbocycles. The van der Waals surface area contributed by atoms with E-state index in [1.165, 1.54) is 6.38 Å². The molecule has 0 rings (SSSR count). The summed E-state index contributed by atoms with van der Waals surface area (Å²) in [7, 11) is 0. The predicted octanol–water partition coefficient (Wildman–Crippen LogP) is 1.50. The maximum absolute atomic E-state index is 4.64. The third kappa shape index (κ3) is 2390. The highest BCUT2D eigenvalue weighted by Gasteiger charge is 0.943. The lowest BCUT2D eigenvalue weighted by molar-refractivity contribution is 2.13. The summed E-state index contributed by atoms with van der Waals surface area (Å²) in [5.74, 6) is 0. The van der Waals surface area contributed by atoms with Gasteiger partial charge >= 0.3 is 0 Å². The van der Waals surface area contributed by atoms with Gasteiger partial charge in [-0.3, -0.25) is 0 Å². The molecular formula is CH15ClN4. The quantitative estimate of drug-likeness (QED) is 0.358. The fourth-order valence-electron chi connectivity index (χ4n) is 0. The number of hydrogen-bond donors (Lipinski definition) is 4. The zero-order valence-corrected chi connectivity index (χ0v) is 4.96. The Morgan fingerprint density at radius 1 is 0.667 bits per heavy atom. The molecule has 0 aliphatic heterocycles. The highest BCUT2D eigenvalue weighted by atomic mass is 35.5. The third-order valence-electron chi connectivity index (χ3n) is 0. The Bertz CT molecular complexity index is 7.51. The van der Waals surface area contributed by atoms with E-state index in [0.717, 1.165) is 0 Å². The molecule has 6 heavy (non-hydrogen) atoms. The van der Waals surface area contributed by atoms with Gasteiger partial charge in [0.2, 0.25) is 0 Å². The normalized spacial score (nSPS) is 1.00. The van der Waals surface area contributed by atoms with Crippen LogP contribution in [0.5, 0.6) is 0 Å². The molecule has 0 bridgehead atoms. The molecule has 0 saturated heterocycles. The van der Waals surface area contributed by atoms with E-state index < -0.39 is 0 Å². The summed E-state index contributed by atoms with van der Waals surface area (Å²) in [5.41, 5.74) is 0. The van der Waals surface area contributed by atoms with E-state index in [1.54, 1.807) is 0 Å². The lowest BCUT2D eigenvalue weighted by atomic mass is 12.0. The first-order valence-corrected chi connectivity index (χ1v) is 1.13. The highest BCUT2D eigenvalue weighted by molar-refractivity contribution is 6.15. The summed E-state index contributed by atoms with van der Waals surface area (Å²) < 4.78 is 0. The summed E-state index contributed by atoms with van der Waals surface area (Å²) in [6.07, 6.45) is 1.47. The van der Waals surface area contributed by atoms with E-state index >= 15 is 0 Å². The largest absolute Gasteiger partial charge is 0.344 e. The van der Waals surface area contributed by atoms with Gasteiger partial charge in [0.25, 0.3) is 0 Å². The average molecular weight is 119 g/mol. The molecule has 0 radical (unpaired) electrons. The first-order chi connectivity index (χ1) is 1.00. The third-order valence-corrected chi connectivity index (χ3v) is 0. The van der Waals surface area contributed by atoms with Gasteiger partial charge in [0.05, 0.1) is 0 Å². The molecule has 0 unspecified atom stereocenters. The van der Waals surface area contributed by atoms with E-state index in [0.29, 0.717) is 0 Å². The first kappa shape index (κ1) is 126. The van der Waals surface area contributed by atoms with Gasteiger partial charge < -0.3 is 24.6 Å². The van der Waals surface area contributed by atoms with E-state index in [9.17, 15) is 0 Å². The van der Waals surface area contributed by atoms with E-state index in [4.69, 9.17) is 0 Å². The Kier molecular flexibility index (Phi) is 109000. The Morgan fingerprint density at radius 2 is 0.667 bits per heavy atom. The van der Waals surface area contributed by atoms with E-state index in [1.807, 2.05) is 0 Å². The SMILES string of the molecule is CCl.N.N.N.N. The van der Waals surface area contributed by atoms with Crippen LogP contribution in [0.15, 0.2) is 0 Å². The van der Waals surface area contributed by atoms with E-state index in [-0.39, 0.29) is 24.6 Å². The van der Waals surface area contributed by atoms with Gasteiger partial charge in [-0.25, -0.2) is 0 Å². The summed E-state index contributed by atoms with van der Waals surface area (Å²) in [6.45, 7) is 0. The van der Waals surface area contributed by atoms with Gasteiger partial charge in [-0.15, -0.1) is 11.6 Å². The van der Waals surface area contributed by atoms with Crippen molar-refractivity contribution in [1.29, 1.82) is 0 Å². The summed E-state index contributed by atoms with van der Waals surface area (Å²) >= 11 is 4.64. The van der Waals surface area contributed by atoms with Crippen LogP contribution in [0.4, 0.5) is 0 Å². The van der Waals surface area contributed by atoms with Crippen molar-refractivity contribution in [3.63, 3.8) is 0 Å². The number of rotatable bonds is 0. The van der Waals surface area contributed by atoms with Crippen LogP contribution in [0.25, 0.3) is 0 Å². The van der Waals surface area contributed by atoms with Crippen LogP contribution >= 0.6 is 11.6 Å². The predicted molar refractivity (Wildman–Crippen MR) is 31.9 cm³/mol. The Morgan fingerprint density at radius 3 is 0.667 bits per heavy atom. The summed E-state index contributed by atoms with van der Waals surface area (Å²) in [5, 5.41) is 0. The van der Waals surface area contributed by atoms with Crippen molar-refractivity contribution in [3.05, 3.63) is 0 Å². The van der Waals surface area contributed by atoms with Gasteiger partial charge in [0.15, 0.2) is 0 Å². The Labute approximate surface area is 43.6 Å². The molecular weight excluding hydrogens is 103 g/mol. The Hall–Kier alpha value is 0.130. The maximum atomic E-state index is 4.64. The van der Waals surface area contributed by atoms with Crippen LogP contribution < -0.4 is 24.6 Å². The molecule has 0 aliphatic rings. The molecule has 46 valence electrons. The van der Waals surface area contributed by atoms with Crippen LogP contribution in [0.3, 0.4) is 0 Å². The van der Waals surface area contributed by atoms with Crippen molar-refractivity contribution in [2.24, 2.45) is 0 Å². The maximum Gasteiger partial charge on any atom is 0.0108 e. The number of halogens is 1. The second kappa shape index (κ2) is 5180. The van der Waals surface area contributed by atoms with Crippen molar-refractivity contribution < 1.29 is 0 Å². The molecule has 0 aromatic rings. The van der Waals surface area contributed by atoms with Gasteiger partial charge in [-0.1, -0.05) is 0 Å². The van der Waals surface area contributed by atoms with Crippen molar-refractivity contribution >= 4 is 11.6 Å². The molecule has 0 spiro atoms. The van der Waals surface area contributed by atoms with Gasteiger partial charge in [0.1, 0.15) is 0 Å². The van der Waals surface area contributed by atoms with Crippen molar-refractivity contribution in [1.82, 2.24) is 24.6 Å². The molecule has 5 heteroatoms. The second-order valence-corrected chi connectivity index (χ2v) is 0. The number of hydrogen-bond acceptors (Lipinski definition) is 4. The zero-order valence-electron chi connectivity index (χ0n) is 4.21. The highest BCUT2D eigenvalue weighted by Crippen LogP contribution is 1.34. The molecule has 0 aromatic heterocycles. The molecule has 12 N–H and O–H groups in total. The van der Waals surface area contributed by atoms with Crippen molar-refractivity contribution in [3.8, 4) is 0 Å². The Balaban J connectivity index is -0.000000000833. The summed E-state index contributed by atoms with van der Waals surface area (Å²) in [6, 6.07) is 0. The van der Waals surface area contributed by atoms with E-state index in [2.05, 4.69) is 11.6 Å². The van der Waals surface area contributed by atoms with Gasteiger partial charge in [-0.2, -0.15) is 0 Å². The van der Waals surface area contributed by atoms with Crippen LogP contribution in [-0.2, 0) is 0 Å². The van der Waals surface area contributed by atoms with Crippen molar-refractivity contribution in [2.75, 3.05) is 6.38 Å². The molecule has 4 nitrogen and oxygen atoms in total. The molecule has 0 atom stereocenters. The lowest BCUT2D eigenvalue weighted by Gasteiger charge is -1.06. The minimum Gasteiger partial charge on any atom is -0.344 e. The fourth-order valence-corrected chi connectivity index (χ4v) is 0. The number of alkyl halides is 1. The standard InChI is InChI=1S/CH3Cl.4H3N/c1-2;;;;/h1H3;4*1H3.